The average molecular weight is 433 g/mol. The van der Waals surface area contributed by atoms with Crippen LogP contribution in [0.2, 0.25) is 0 Å². The largest absolute Gasteiger partial charge is 0.485 e. The number of rotatable bonds is 9. The van der Waals surface area contributed by atoms with Crippen LogP contribution in [0.25, 0.3) is 5.65 Å². The molecule has 0 saturated heterocycles. The summed E-state index contributed by atoms with van der Waals surface area (Å²) in [6.07, 6.45) is 2.41. The van der Waals surface area contributed by atoms with Crippen molar-refractivity contribution in [3.8, 4) is 5.75 Å². The van der Waals surface area contributed by atoms with E-state index in [4.69, 9.17) is 10.5 Å². The topological polar surface area (TPSA) is 69.6 Å². The van der Waals surface area contributed by atoms with Crippen molar-refractivity contribution in [3.05, 3.63) is 64.6 Å². The number of aromatic nitrogens is 2. The Kier molecular flexibility index (Phi) is 6.69. The van der Waals surface area contributed by atoms with Crippen molar-refractivity contribution in [1.82, 2.24) is 9.38 Å². The van der Waals surface area contributed by atoms with Gasteiger partial charge in [-0.3, -0.25) is 13.6 Å². The first-order valence-corrected chi connectivity index (χ1v) is 10.1. The highest BCUT2D eigenvalue weighted by atomic mass is 19.1. The molecule has 0 fully saturated rings. The minimum absolute atomic E-state index is 0.145. The van der Waals surface area contributed by atoms with Crippen molar-refractivity contribution in [3.63, 3.8) is 0 Å². The number of Topliss-reactive ketones (excluding diaryl/α,β-unsaturated/α-hetero) is 1. The van der Waals surface area contributed by atoms with Crippen molar-refractivity contribution >= 4 is 11.4 Å². The number of alkyl halides is 1. The zero-order valence-electron chi connectivity index (χ0n) is 17.8. The van der Waals surface area contributed by atoms with E-state index >= 15 is 0 Å². The lowest BCUT2D eigenvalue weighted by Gasteiger charge is -2.22. The number of carbonyl (C=O) groups is 1. The molecule has 0 aliphatic heterocycles. The van der Waals surface area contributed by atoms with Gasteiger partial charge in [0.15, 0.2) is 17.2 Å². The smallest absolute Gasteiger partial charge is 0.181 e. The molecule has 0 saturated carbocycles. The molecule has 0 aliphatic carbocycles. The summed E-state index contributed by atoms with van der Waals surface area (Å²) >= 11 is 0. The molecule has 1 atom stereocenters. The third-order valence-corrected chi connectivity index (χ3v) is 5.28. The van der Waals surface area contributed by atoms with E-state index in [9.17, 15) is 18.0 Å². The number of benzene rings is 1. The molecule has 5 nitrogen and oxygen atoms in total. The molecule has 3 aromatic rings. The first-order chi connectivity index (χ1) is 14.6. The fourth-order valence-corrected chi connectivity index (χ4v) is 3.48. The van der Waals surface area contributed by atoms with Crippen LogP contribution in [-0.2, 0) is 6.61 Å². The van der Waals surface area contributed by atoms with Gasteiger partial charge in [-0.1, -0.05) is 6.07 Å². The normalized spacial score (nSPS) is 13.4. The van der Waals surface area contributed by atoms with Crippen LogP contribution in [0, 0.1) is 25.5 Å². The van der Waals surface area contributed by atoms with Crippen LogP contribution in [0.5, 0.6) is 5.75 Å². The second-order valence-electron chi connectivity index (χ2n) is 8.13. The van der Waals surface area contributed by atoms with Gasteiger partial charge in [-0.25, -0.2) is 13.8 Å². The van der Waals surface area contributed by atoms with Crippen LogP contribution in [0.3, 0.4) is 0 Å². The number of fused-ring (bicyclic) bond motifs is 1. The Morgan fingerprint density at radius 1 is 1.23 bits per heavy atom. The number of nitrogens with zero attached hydrogens (tertiary/aromatic N) is 2. The van der Waals surface area contributed by atoms with Crippen LogP contribution in [-0.4, -0.2) is 27.4 Å². The fourth-order valence-electron chi connectivity index (χ4n) is 3.48. The molecule has 0 aliphatic rings. The lowest BCUT2D eigenvalue weighted by Crippen LogP contribution is -2.37. The Morgan fingerprint density at radius 3 is 2.55 bits per heavy atom. The zero-order chi connectivity index (χ0) is 22.8. The molecular weight excluding hydrogens is 407 g/mol. The summed E-state index contributed by atoms with van der Waals surface area (Å²) in [6, 6.07) is 5.32. The SMILES string of the molecule is Cc1cc(OCc2c(F)cccc2F)c2nc(C)c(C(=O)CCC(C)(N)CCF)n2c1. The second kappa shape index (κ2) is 9.09. The van der Waals surface area contributed by atoms with E-state index in [0.29, 0.717) is 29.2 Å². The molecule has 2 aromatic heterocycles. The van der Waals surface area contributed by atoms with Crippen LogP contribution in [0.4, 0.5) is 13.2 Å². The predicted octanol–water partition coefficient (Wildman–Crippen LogP) is 4.85. The number of imidazole rings is 1. The highest BCUT2D eigenvalue weighted by Gasteiger charge is 2.24. The van der Waals surface area contributed by atoms with Gasteiger partial charge in [0, 0.05) is 18.2 Å². The maximum Gasteiger partial charge on any atom is 0.181 e. The van der Waals surface area contributed by atoms with Gasteiger partial charge in [-0.05, 0) is 57.4 Å². The predicted molar refractivity (Wildman–Crippen MR) is 112 cm³/mol. The third kappa shape index (κ3) is 5.07. The van der Waals surface area contributed by atoms with Crippen LogP contribution >= 0.6 is 0 Å². The van der Waals surface area contributed by atoms with E-state index in [0.717, 1.165) is 17.7 Å². The van der Waals surface area contributed by atoms with E-state index in [1.165, 1.54) is 6.07 Å². The summed E-state index contributed by atoms with van der Waals surface area (Å²) in [5, 5.41) is 0. The van der Waals surface area contributed by atoms with E-state index in [2.05, 4.69) is 4.98 Å². The molecule has 1 aromatic carbocycles. The number of hydrogen-bond acceptors (Lipinski definition) is 4. The number of aryl methyl sites for hydroxylation is 2. The number of ketones is 1. The Labute approximate surface area is 179 Å². The lowest BCUT2D eigenvalue weighted by molar-refractivity contribution is 0.0963. The average Bonchev–Trinajstić information content (AvgIpc) is 3.01. The van der Waals surface area contributed by atoms with Crippen LogP contribution < -0.4 is 10.5 Å². The van der Waals surface area contributed by atoms with E-state index in [1.54, 1.807) is 30.5 Å². The molecule has 31 heavy (non-hydrogen) atoms. The molecule has 0 spiro atoms. The fraction of sp³-hybridized carbons (Fsp3) is 0.391. The number of nitrogens with two attached hydrogens (primary N) is 1. The van der Waals surface area contributed by atoms with Crippen molar-refractivity contribution in [1.29, 1.82) is 0 Å². The summed E-state index contributed by atoms with van der Waals surface area (Å²) in [5.74, 6) is -1.25. The summed E-state index contributed by atoms with van der Waals surface area (Å²) in [7, 11) is 0. The number of ether oxygens (including phenoxy) is 1. The van der Waals surface area contributed by atoms with Gasteiger partial charge < -0.3 is 10.5 Å². The summed E-state index contributed by atoms with van der Waals surface area (Å²) in [4.78, 5) is 17.4. The summed E-state index contributed by atoms with van der Waals surface area (Å²) < 4.78 is 47.9. The maximum atomic E-state index is 13.9. The van der Waals surface area contributed by atoms with Gasteiger partial charge >= 0.3 is 0 Å². The number of hydrogen-bond donors (Lipinski definition) is 1. The molecule has 0 radical (unpaired) electrons. The maximum absolute atomic E-state index is 13.9. The molecule has 0 bridgehead atoms. The molecule has 2 heterocycles. The summed E-state index contributed by atoms with van der Waals surface area (Å²) in [6.45, 7) is 4.38. The van der Waals surface area contributed by atoms with Gasteiger partial charge in [0.1, 0.15) is 23.9 Å². The Morgan fingerprint density at radius 2 is 1.90 bits per heavy atom. The lowest BCUT2D eigenvalue weighted by atomic mass is 9.92. The van der Waals surface area contributed by atoms with Crippen molar-refractivity contribution in [2.75, 3.05) is 6.67 Å². The van der Waals surface area contributed by atoms with Gasteiger partial charge in [-0.15, -0.1) is 0 Å². The molecule has 8 heteroatoms. The first-order valence-electron chi connectivity index (χ1n) is 10.1. The Bertz CT molecular complexity index is 1090. The second-order valence-corrected chi connectivity index (χ2v) is 8.13. The van der Waals surface area contributed by atoms with E-state index in [-0.39, 0.29) is 30.8 Å². The van der Waals surface area contributed by atoms with Crippen LogP contribution in [0.1, 0.15) is 53.5 Å². The van der Waals surface area contributed by atoms with E-state index < -0.39 is 23.8 Å². The number of carbonyl (C=O) groups excluding carboxylic acids is 1. The molecule has 1 unspecified atom stereocenters. The Hall–Kier alpha value is -2.87. The highest BCUT2D eigenvalue weighted by molar-refractivity contribution is 5.96. The van der Waals surface area contributed by atoms with Gasteiger partial charge in [0.05, 0.1) is 17.9 Å². The monoisotopic (exact) mass is 433 g/mol. The molecule has 166 valence electrons. The highest BCUT2D eigenvalue weighted by Crippen LogP contribution is 2.27. The zero-order valence-corrected chi connectivity index (χ0v) is 17.8. The number of pyridine rings is 1. The quantitative estimate of drug-likeness (QED) is 0.490. The summed E-state index contributed by atoms with van der Waals surface area (Å²) in [5.41, 5.74) is 7.14. The Balaban J connectivity index is 1.90. The first kappa shape index (κ1) is 22.8. The minimum atomic E-state index is -0.771. The third-order valence-electron chi connectivity index (χ3n) is 5.28. The minimum Gasteiger partial charge on any atom is -0.485 e. The van der Waals surface area contributed by atoms with Crippen molar-refractivity contribution in [2.24, 2.45) is 5.73 Å². The molecule has 3 rings (SSSR count). The number of halogens is 3. The van der Waals surface area contributed by atoms with Gasteiger partial charge in [0.25, 0.3) is 0 Å². The van der Waals surface area contributed by atoms with Gasteiger partial charge in [-0.2, -0.15) is 0 Å². The van der Waals surface area contributed by atoms with Crippen molar-refractivity contribution < 1.29 is 22.7 Å². The molecule has 2 N–H and O–H groups in total. The van der Waals surface area contributed by atoms with Gasteiger partial charge in [0.2, 0.25) is 0 Å². The standard InChI is InChI=1S/C23H26F3N3O2/c1-14-11-20(31-13-16-17(25)5-4-6-18(16)26)22-28-15(2)21(29(22)12-14)19(30)7-8-23(3,27)9-10-24/h4-6,11-12H,7-10,13,27H2,1-3H3. The van der Waals surface area contributed by atoms with E-state index in [1.807, 2.05) is 6.92 Å². The molecule has 0 amide bonds. The molecular formula is C23H26F3N3O2. The van der Waals surface area contributed by atoms with Crippen molar-refractivity contribution in [2.45, 2.75) is 52.2 Å². The van der Waals surface area contributed by atoms with Crippen LogP contribution in [0.15, 0.2) is 30.5 Å².